The molecule has 3 N–H and O–H groups in total. The molecule has 4 aromatic rings. The standard InChI is InChI=1S/C27H25F2N7O2S/c1-12(2)34-18-6-36(9-27(18)10-38-11-27)26-33-4-14-15-7-37-8-16(15)19(21(29)22(14)35-26)23-20-13(3-30)25(31)39-24(20)17(28)5-32-23/h4-5,12,18,34H,6-11,31H2,1-2H3. The number of halogens is 2. The second kappa shape index (κ2) is 8.76. The first kappa shape index (κ1) is 24.5. The molecule has 1 spiro atoms. The Hall–Kier alpha value is -3.50. The molecule has 3 aliphatic heterocycles. The van der Waals surface area contributed by atoms with Crippen molar-refractivity contribution in [3.8, 4) is 17.3 Å². The summed E-state index contributed by atoms with van der Waals surface area (Å²) >= 11 is 0.951. The van der Waals surface area contributed by atoms with E-state index < -0.39 is 11.6 Å². The van der Waals surface area contributed by atoms with Crippen molar-refractivity contribution >= 4 is 43.3 Å². The Kier molecular flexibility index (Phi) is 5.51. The highest BCUT2D eigenvalue weighted by atomic mass is 32.1. The number of thiophene rings is 1. The van der Waals surface area contributed by atoms with Gasteiger partial charge in [0.1, 0.15) is 16.6 Å². The first-order chi connectivity index (χ1) is 18.8. The fourth-order valence-corrected chi connectivity index (χ4v) is 7.02. The van der Waals surface area contributed by atoms with Crippen LogP contribution >= 0.6 is 11.3 Å². The van der Waals surface area contributed by atoms with Gasteiger partial charge in [-0.05, 0) is 11.1 Å². The van der Waals surface area contributed by atoms with Crippen LogP contribution in [0.3, 0.4) is 0 Å². The molecule has 200 valence electrons. The number of aromatic nitrogens is 3. The van der Waals surface area contributed by atoms with Gasteiger partial charge in [-0.25, -0.2) is 18.7 Å². The molecule has 0 aliphatic carbocycles. The Labute approximate surface area is 226 Å². The van der Waals surface area contributed by atoms with Crippen molar-refractivity contribution in [1.29, 1.82) is 5.26 Å². The highest BCUT2D eigenvalue weighted by Crippen LogP contribution is 2.45. The van der Waals surface area contributed by atoms with Crippen molar-refractivity contribution in [3.63, 3.8) is 0 Å². The second-order valence-corrected chi connectivity index (χ2v) is 11.8. The topological polar surface area (TPSA) is 122 Å². The zero-order chi connectivity index (χ0) is 27.1. The summed E-state index contributed by atoms with van der Waals surface area (Å²) in [4.78, 5) is 15.7. The highest BCUT2D eigenvalue weighted by Gasteiger charge is 2.52. The number of nitrogen functional groups attached to an aromatic ring is 1. The lowest BCUT2D eigenvalue weighted by Crippen LogP contribution is -2.57. The average Bonchev–Trinajstić information content (AvgIpc) is 3.60. The number of fused-ring (bicyclic) bond motifs is 4. The quantitative estimate of drug-likeness (QED) is 0.391. The van der Waals surface area contributed by atoms with Crippen molar-refractivity contribution < 1.29 is 18.3 Å². The summed E-state index contributed by atoms with van der Waals surface area (Å²) in [5.41, 5.74) is 7.89. The summed E-state index contributed by atoms with van der Waals surface area (Å²) in [7, 11) is 0. The highest BCUT2D eigenvalue weighted by molar-refractivity contribution is 7.23. The van der Waals surface area contributed by atoms with E-state index in [4.69, 9.17) is 20.2 Å². The van der Waals surface area contributed by atoms with E-state index in [1.165, 1.54) is 0 Å². The SMILES string of the molecule is CC(C)NC1CN(c2ncc3c4c(c(-c5ncc(F)c6sc(N)c(C#N)c56)c(F)c3n2)COC4)CC12COC2. The molecule has 39 heavy (non-hydrogen) atoms. The molecule has 6 heterocycles. The summed E-state index contributed by atoms with van der Waals surface area (Å²) in [5, 5.41) is 14.3. The Bertz CT molecular complexity index is 1710. The van der Waals surface area contributed by atoms with E-state index in [0.29, 0.717) is 49.2 Å². The minimum absolute atomic E-state index is 0.0335. The van der Waals surface area contributed by atoms with Crippen molar-refractivity contribution in [2.75, 3.05) is 36.9 Å². The Balaban J connectivity index is 1.41. The molecule has 2 saturated heterocycles. The number of benzene rings is 1. The number of pyridine rings is 1. The smallest absolute Gasteiger partial charge is 0.226 e. The number of nitrogens with two attached hydrogens (primary N) is 1. The molecule has 9 nitrogen and oxygen atoms in total. The molecule has 0 amide bonds. The van der Waals surface area contributed by atoms with E-state index in [9.17, 15) is 9.65 Å². The summed E-state index contributed by atoms with van der Waals surface area (Å²) < 4.78 is 42.7. The van der Waals surface area contributed by atoms with Crippen molar-refractivity contribution in [2.45, 2.75) is 39.1 Å². The Morgan fingerprint density at radius 3 is 2.72 bits per heavy atom. The second-order valence-electron chi connectivity index (χ2n) is 10.8. The fourth-order valence-electron chi connectivity index (χ4n) is 6.10. The summed E-state index contributed by atoms with van der Waals surface area (Å²) in [6.45, 7) is 7.32. The van der Waals surface area contributed by atoms with E-state index in [1.807, 2.05) is 6.07 Å². The van der Waals surface area contributed by atoms with Gasteiger partial charge in [0, 0.05) is 47.7 Å². The monoisotopic (exact) mass is 549 g/mol. The molecular weight excluding hydrogens is 524 g/mol. The van der Waals surface area contributed by atoms with Crippen molar-refractivity contribution in [1.82, 2.24) is 20.3 Å². The van der Waals surface area contributed by atoms with Crippen LogP contribution in [-0.2, 0) is 22.7 Å². The van der Waals surface area contributed by atoms with Gasteiger partial charge in [0.2, 0.25) is 5.95 Å². The minimum atomic E-state index is -0.613. The maximum Gasteiger partial charge on any atom is 0.226 e. The largest absolute Gasteiger partial charge is 0.389 e. The number of nitrogens with zero attached hydrogens (tertiary/aromatic N) is 5. The normalized spacial score (nSPS) is 19.8. The third kappa shape index (κ3) is 3.54. The lowest BCUT2D eigenvalue weighted by atomic mass is 9.81. The van der Waals surface area contributed by atoms with Gasteiger partial charge < -0.3 is 25.4 Å². The molecule has 1 unspecified atom stereocenters. The molecule has 12 heteroatoms. The zero-order valence-electron chi connectivity index (χ0n) is 21.3. The fraction of sp³-hybridized carbons (Fsp3) is 0.407. The maximum atomic E-state index is 16.6. The third-order valence-corrected chi connectivity index (χ3v) is 9.00. The molecule has 3 aromatic heterocycles. The van der Waals surface area contributed by atoms with Crippen LogP contribution in [0, 0.1) is 28.4 Å². The van der Waals surface area contributed by atoms with Gasteiger partial charge in [-0.15, -0.1) is 11.3 Å². The van der Waals surface area contributed by atoms with Crippen LogP contribution in [0.15, 0.2) is 12.4 Å². The molecule has 3 aliphatic rings. The molecule has 7 rings (SSSR count). The predicted octanol–water partition coefficient (Wildman–Crippen LogP) is 3.87. The summed E-state index contributed by atoms with van der Waals surface area (Å²) in [6, 6.07) is 2.54. The van der Waals surface area contributed by atoms with Gasteiger partial charge in [-0.2, -0.15) is 5.26 Å². The van der Waals surface area contributed by atoms with Crippen LogP contribution in [0.25, 0.3) is 32.2 Å². The van der Waals surface area contributed by atoms with Crippen LogP contribution in [0.4, 0.5) is 19.7 Å². The number of nitriles is 1. The van der Waals surface area contributed by atoms with Gasteiger partial charge >= 0.3 is 0 Å². The molecule has 1 atom stereocenters. The van der Waals surface area contributed by atoms with Gasteiger partial charge in [0.15, 0.2) is 11.6 Å². The first-order valence-corrected chi connectivity index (χ1v) is 13.6. The summed E-state index contributed by atoms with van der Waals surface area (Å²) in [5.74, 6) is -0.789. The maximum absolute atomic E-state index is 16.6. The Morgan fingerprint density at radius 1 is 1.21 bits per heavy atom. The molecule has 0 bridgehead atoms. The number of hydrogen-bond donors (Lipinski definition) is 2. The number of nitrogens with one attached hydrogen (secondary N) is 1. The molecule has 1 aromatic carbocycles. The van der Waals surface area contributed by atoms with Crippen molar-refractivity contribution in [3.05, 3.63) is 40.7 Å². The number of hydrogen-bond acceptors (Lipinski definition) is 10. The molecule has 0 radical (unpaired) electrons. The molecule has 2 fully saturated rings. The van der Waals surface area contributed by atoms with Crippen molar-refractivity contribution in [2.24, 2.45) is 5.41 Å². The van der Waals surface area contributed by atoms with Crippen LogP contribution in [-0.4, -0.2) is 53.3 Å². The molecule has 0 saturated carbocycles. The number of anilines is 2. The molecular formula is C27H25F2N7O2S. The average molecular weight is 550 g/mol. The van der Waals surface area contributed by atoms with Crippen LogP contribution in [0.2, 0.25) is 0 Å². The number of rotatable bonds is 4. The van der Waals surface area contributed by atoms with Crippen LogP contribution in [0.5, 0.6) is 0 Å². The van der Waals surface area contributed by atoms with Gasteiger partial charge in [-0.3, -0.25) is 4.98 Å². The Morgan fingerprint density at radius 2 is 2.00 bits per heavy atom. The van der Waals surface area contributed by atoms with Gasteiger partial charge in [0.05, 0.1) is 54.0 Å². The van der Waals surface area contributed by atoms with E-state index in [0.717, 1.165) is 23.1 Å². The van der Waals surface area contributed by atoms with E-state index in [2.05, 4.69) is 34.0 Å². The van der Waals surface area contributed by atoms with Gasteiger partial charge in [-0.1, -0.05) is 13.8 Å². The minimum Gasteiger partial charge on any atom is -0.389 e. The lowest BCUT2D eigenvalue weighted by molar-refractivity contribution is -0.113. The van der Waals surface area contributed by atoms with Crippen LogP contribution in [0.1, 0.15) is 30.5 Å². The van der Waals surface area contributed by atoms with E-state index in [-0.39, 0.29) is 62.1 Å². The van der Waals surface area contributed by atoms with E-state index in [1.54, 1.807) is 6.20 Å². The number of ether oxygens (including phenoxy) is 2. The zero-order valence-corrected chi connectivity index (χ0v) is 22.2. The first-order valence-electron chi connectivity index (χ1n) is 12.7. The third-order valence-electron chi connectivity index (χ3n) is 7.98. The van der Waals surface area contributed by atoms with Crippen LogP contribution < -0.4 is 16.0 Å². The van der Waals surface area contributed by atoms with Gasteiger partial charge in [0.25, 0.3) is 0 Å². The lowest BCUT2D eigenvalue weighted by Gasteiger charge is -2.42. The predicted molar refractivity (Wildman–Crippen MR) is 143 cm³/mol. The summed E-state index contributed by atoms with van der Waals surface area (Å²) in [6.07, 6.45) is 2.69. The van der Waals surface area contributed by atoms with E-state index >= 15 is 4.39 Å².